The highest BCUT2D eigenvalue weighted by molar-refractivity contribution is 5.89. The Labute approximate surface area is 268 Å². The second-order valence-electron chi connectivity index (χ2n) is 15.5. The standard InChI is InChI=1S/C36H43NO9/c1-7-16(2)32(41)46-30-24(40)31(44-19(5)39)36-27-21-14-35-13-17(3)22(26(28(35)36)43-18(4)38)25(45-33(42)20-11-9-8-10-12-20)23(35)29(36)37(21)15-34(27,30)6/h8-12,16,21-31,40H,3,7,13-15H2,1-2,4-6H3/t16?,21-,22-,23+,24-,25?,26+,27+,28+,29+,30+,31+,34-,35-,36+/m0/s1. The zero-order valence-corrected chi connectivity index (χ0v) is 27.0. The Morgan fingerprint density at radius 1 is 1.00 bits per heavy atom. The number of aliphatic hydroxyl groups is 1. The maximum absolute atomic E-state index is 13.7. The molecule has 6 aliphatic carbocycles. The highest BCUT2D eigenvalue weighted by Gasteiger charge is 2.95. The molecule has 0 aromatic heterocycles. The first-order valence-corrected chi connectivity index (χ1v) is 16.7. The van der Waals surface area contributed by atoms with Crippen LogP contribution in [0.25, 0.3) is 0 Å². The van der Waals surface area contributed by atoms with Crippen LogP contribution in [-0.4, -0.2) is 83.0 Å². The van der Waals surface area contributed by atoms with E-state index in [9.17, 15) is 24.3 Å². The molecule has 10 nitrogen and oxygen atoms in total. The van der Waals surface area contributed by atoms with Crippen molar-refractivity contribution in [3.05, 3.63) is 48.0 Å². The molecule has 0 amide bonds. The molecule has 1 N–H and O–H groups in total. The van der Waals surface area contributed by atoms with Crippen LogP contribution in [0.15, 0.2) is 42.5 Å². The zero-order valence-electron chi connectivity index (χ0n) is 27.0. The normalized spacial score (nSPS) is 48.6. The first-order valence-electron chi connectivity index (χ1n) is 16.7. The number of esters is 4. The Morgan fingerprint density at radius 3 is 2.35 bits per heavy atom. The van der Waals surface area contributed by atoms with E-state index in [2.05, 4.69) is 18.4 Å². The summed E-state index contributed by atoms with van der Waals surface area (Å²) < 4.78 is 25.2. The largest absolute Gasteiger partial charge is 0.461 e. The van der Waals surface area contributed by atoms with Gasteiger partial charge in [-0.1, -0.05) is 51.1 Å². The van der Waals surface area contributed by atoms with Crippen molar-refractivity contribution in [1.29, 1.82) is 0 Å². The lowest BCUT2D eigenvalue weighted by Gasteiger charge is -2.67. The Kier molecular flexibility index (Phi) is 6.32. The van der Waals surface area contributed by atoms with Gasteiger partial charge in [0.05, 0.1) is 17.4 Å². The summed E-state index contributed by atoms with van der Waals surface area (Å²) in [6, 6.07) is 8.74. The summed E-state index contributed by atoms with van der Waals surface area (Å²) >= 11 is 0. The quantitative estimate of drug-likeness (QED) is 0.271. The van der Waals surface area contributed by atoms with E-state index >= 15 is 0 Å². The van der Waals surface area contributed by atoms with Crippen LogP contribution >= 0.6 is 0 Å². The lowest BCUT2D eigenvalue weighted by atomic mass is 9.38. The van der Waals surface area contributed by atoms with Crippen molar-refractivity contribution in [3.63, 3.8) is 0 Å². The van der Waals surface area contributed by atoms with Gasteiger partial charge in [0.15, 0.2) is 0 Å². The predicted octanol–water partition coefficient (Wildman–Crippen LogP) is 3.31. The summed E-state index contributed by atoms with van der Waals surface area (Å²) in [5.74, 6) is -3.17. The Hall–Kier alpha value is -3.24. The second-order valence-corrected chi connectivity index (χ2v) is 15.5. The van der Waals surface area contributed by atoms with E-state index in [0.29, 0.717) is 24.9 Å². The fraction of sp³-hybridized carbons (Fsp3) is 0.667. The van der Waals surface area contributed by atoms with Crippen molar-refractivity contribution in [2.45, 2.75) is 96.5 Å². The van der Waals surface area contributed by atoms with Crippen LogP contribution in [0.1, 0.15) is 64.2 Å². The minimum absolute atomic E-state index is 0.0729. The number of carbonyl (C=O) groups excluding carboxylic acids is 4. The number of ether oxygens (including phenoxy) is 4. The third-order valence-electron chi connectivity index (χ3n) is 13.5. The molecule has 16 atom stereocenters. The van der Waals surface area contributed by atoms with Crippen molar-refractivity contribution in [2.24, 2.45) is 45.8 Å². The molecule has 46 heavy (non-hydrogen) atoms. The van der Waals surface area contributed by atoms with Crippen LogP contribution in [0.3, 0.4) is 0 Å². The van der Waals surface area contributed by atoms with Gasteiger partial charge in [-0.15, -0.1) is 0 Å². The molecular formula is C36H43NO9. The minimum Gasteiger partial charge on any atom is -0.461 e. The van der Waals surface area contributed by atoms with Crippen LogP contribution < -0.4 is 0 Å². The van der Waals surface area contributed by atoms with Gasteiger partial charge >= 0.3 is 23.9 Å². The average Bonchev–Trinajstić information content (AvgIpc) is 3.45. The maximum Gasteiger partial charge on any atom is 0.338 e. The molecule has 10 heteroatoms. The Morgan fingerprint density at radius 2 is 1.70 bits per heavy atom. The average molecular weight is 634 g/mol. The van der Waals surface area contributed by atoms with Crippen LogP contribution in [0.4, 0.5) is 0 Å². The van der Waals surface area contributed by atoms with E-state index in [4.69, 9.17) is 18.9 Å². The summed E-state index contributed by atoms with van der Waals surface area (Å²) in [6.45, 7) is 13.6. The molecule has 9 bridgehead atoms. The van der Waals surface area contributed by atoms with Crippen LogP contribution in [0.2, 0.25) is 0 Å². The van der Waals surface area contributed by atoms with Gasteiger partial charge in [0.1, 0.15) is 30.5 Å². The summed E-state index contributed by atoms with van der Waals surface area (Å²) in [5, 5.41) is 12.3. The van der Waals surface area contributed by atoms with Crippen LogP contribution in [0.5, 0.6) is 0 Å². The molecule has 3 heterocycles. The highest BCUT2D eigenvalue weighted by Crippen LogP contribution is 2.87. The maximum atomic E-state index is 13.7. The Bertz CT molecular complexity index is 1540. The van der Waals surface area contributed by atoms with Gasteiger partial charge in [-0.3, -0.25) is 19.3 Å². The van der Waals surface area contributed by atoms with E-state index < -0.39 is 70.6 Å². The smallest absolute Gasteiger partial charge is 0.338 e. The molecule has 1 aromatic rings. The van der Waals surface area contributed by atoms with E-state index in [1.807, 2.05) is 19.9 Å². The topological polar surface area (TPSA) is 129 Å². The third kappa shape index (κ3) is 3.40. The number of fused-ring (bicyclic) bond motifs is 1. The molecule has 3 aliphatic heterocycles. The van der Waals surface area contributed by atoms with Gasteiger partial charge in [-0.2, -0.15) is 0 Å². The number of hydrogen-bond acceptors (Lipinski definition) is 10. The number of rotatable bonds is 7. The SMILES string of the molecule is C=C1C[C@]23C[C@H]4[C@@H]5[C@]6(C)CN4[C@@H]4[C@H]2C(OC(=O)c2ccccc2)[C@H]1[C@@H](OC(C)=O)[C@H]3[C@]54[C@H](OC(C)=O)[C@@H](O)[C@H]6OC(=O)C(C)CC. The molecule has 9 aliphatic rings. The fourth-order valence-corrected chi connectivity index (χ4v) is 12.6. The van der Waals surface area contributed by atoms with E-state index in [1.165, 1.54) is 13.8 Å². The predicted molar refractivity (Wildman–Crippen MR) is 162 cm³/mol. The molecule has 1 aromatic carbocycles. The fourth-order valence-electron chi connectivity index (χ4n) is 12.6. The van der Waals surface area contributed by atoms with Crippen molar-refractivity contribution in [3.8, 4) is 0 Å². The van der Waals surface area contributed by atoms with Crippen molar-refractivity contribution in [2.75, 3.05) is 6.54 Å². The molecule has 6 saturated carbocycles. The lowest BCUT2D eigenvalue weighted by Crippen LogP contribution is -2.75. The van der Waals surface area contributed by atoms with E-state index in [-0.39, 0.29) is 41.7 Å². The molecule has 10 rings (SSSR count). The highest BCUT2D eigenvalue weighted by atomic mass is 16.6. The van der Waals surface area contributed by atoms with Crippen LogP contribution in [0, 0.1) is 45.8 Å². The van der Waals surface area contributed by atoms with Gasteiger partial charge in [0.2, 0.25) is 0 Å². The summed E-state index contributed by atoms with van der Waals surface area (Å²) in [5.41, 5.74) is -0.581. The molecule has 2 spiro atoms. The molecular weight excluding hydrogens is 590 g/mol. The number of aliphatic hydroxyl groups excluding tert-OH is 1. The van der Waals surface area contributed by atoms with Gasteiger partial charge in [-0.25, -0.2) is 4.79 Å². The summed E-state index contributed by atoms with van der Waals surface area (Å²) in [7, 11) is 0. The molecule has 9 fully saturated rings. The minimum atomic E-state index is -1.29. The van der Waals surface area contributed by atoms with Gasteiger partial charge in [0, 0.05) is 55.1 Å². The second kappa shape index (κ2) is 9.66. The molecule has 3 saturated heterocycles. The van der Waals surface area contributed by atoms with Gasteiger partial charge in [-0.05, 0) is 42.7 Å². The first-order chi connectivity index (χ1) is 21.8. The number of benzene rings is 1. The molecule has 246 valence electrons. The van der Waals surface area contributed by atoms with Crippen LogP contribution in [-0.2, 0) is 33.3 Å². The Balaban J connectivity index is 1.30. The van der Waals surface area contributed by atoms with E-state index in [1.54, 1.807) is 24.3 Å². The van der Waals surface area contributed by atoms with E-state index in [0.717, 1.165) is 12.0 Å². The molecule has 0 radical (unpaired) electrons. The summed E-state index contributed by atoms with van der Waals surface area (Å²) in [6.07, 6.45) is -2.46. The third-order valence-corrected chi connectivity index (χ3v) is 13.5. The summed E-state index contributed by atoms with van der Waals surface area (Å²) in [4.78, 5) is 55.1. The van der Waals surface area contributed by atoms with Crippen molar-refractivity contribution in [1.82, 2.24) is 4.90 Å². The monoisotopic (exact) mass is 633 g/mol. The van der Waals surface area contributed by atoms with Gasteiger partial charge in [0.25, 0.3) is 0 Å². The van der Waals surface area contributed by atoms with Gasteiger partial charge < -0.3 is 24.1 Å². The zero-order chi connectivity index (χ0) is 32.7. The van der Waals surface area contributed by atoms with Crippen molar-refractivity contribution < 1.29 is 43.2 Å². The number of piperidine rings is 2. The van der Waals surface area contributed by atoms with Crippen molar-refractivity contribution >= 4 is 23.9 Å². The first kappa shape index (κ1) is 30.1. The number of nitrogens with zero attached hydrogens (tertiary/aromatic N) is 1. The lowest BCUT2D eigenvalue weighted by molar-refractivity contribution is -0.282. The number of hydrogen-bond donors (Lipinski definition) is 1. The molecule has 3 unspecified atom stereocenters. The number of carbonyl (C=O) groups is 4.